The van der Waals surface area contributed by atoms with Crippen molar-refractivity contribution in [2.45, 2.75) is 113 Å². The van der Waals surface area contributed by atoms with Gasteiger partial charge in [0.25, 0.3) is 5.56 Å². The molecular weight excluding hydrogens is 478 g/mol. The summed E-state index contributed by atoms with van der Waals surface area (Å²) < 4.78 is 1.98. The number of piperidine rings is 2. The molecule has 0 radical (unpaired) electrons. The van der Waals surface area contributed by atoms with Gasteiger partial charge >= 0.3 is 5.97 Å². The number of carbonyl (C=O) groups is 1. The van der Waals surface area contributed by atoms with Gasteiger partial charge in [-0.05, 0) is 68.9 Å². The van der Waals surface area contributed by atoms with E-state index < -0.39 is 18.1 Å². The fourth-order valence-electron chi connectivity index (χ4n) is 9.07. The Labute approximate surface area is 224 Å². The molecule has 1 aromatic heterocycles. The Hall–Kier alpha value is -2.45. The second-order valence-corrected chi connectivity index (χ2v) is 12.9. The van der Waals surface area contributed by atoms with E-state index in [0.717, 1.165) is 35.7 Å². The Morgan fingerprint density at radius 3 is 2.21 bits per heavy atom. The molecule has 3 N–H and O–H groups in total. The third-order valence-electron chi connectivity index (χ3n) is 10.6. The van der Waals surface area contributed by atoms with Gasteiger partial charge in [-0.1, -0.05) is 44.2 Å². The molecule has 8 heteroatoms. The van der Waals surface area contributed by atoms with E-state index in [0.29, 0.717) is 24.7 Å². The third-order valence-corrected chi connectivity index (χ3v) is 10.6. The van der Waals surface area contributed by atoms with Gasteiger partial charge in [0, 0.05) is 30.7 Å². The summed E-state index contributed by atoms with van der Waals surface area (Å²) in [6.45, 7) is 0.339. The van der Waals surface area contributed by atoms with E-state index in [1.165, 1.54) is 64.2 Å². The minimum absolute atomic E-state index is 0.102. The van der Waals surface area contributed by atoms with Crippen LogP contribution in [0.3, 0.4) is 0 Å². The summed E-state index contributed by atoms with van der Waals surface area (Å²) in [5.74, 6) is 1.04. The van der Waals surface area contributed by atoms with Crippen molar-refractivity contribution in [3.05, 3.63) is 34.6 Å². The number of aliphatic carboxylic acids is 1. The van der Waals surface area contributed by atoms with Gasteiger partial charge in [0.2, 0.25) is 0 Å². The molecule has 4 heterocycles. The Morgan fingerprint density at radius 1 is 0.868 bits per heavy atom. The summed E-state index contributed by atoms with van der Waals surface area (Å²) in [7, 11) is 0. The number of nitrogens with zero attached hydrogens (tertiary/aromatic N) is 4. The van der Waals surface area contributed by atoms with Gasteiger partial charge < -0.3 is 20.3 Å². The van der Waals surface area contributed by atoms with Crippen LogP contribution in [-0.2, 0) is 4.79 Å². The van der Waals surface area contributed by atoms with E-state index >= 15 is 0 Å². The topological polar surface area (TPSA) is 105 Å². The fraction of sp³-hybridized carbons (Fsp3) is 0.700. The molecule has 38 heavy (non-hydrogen) atoms. The summed E-state index contributed by atoms with van der Waals surface area (Å²) in [4.78, 5) is 35.2. The molecule has 7 rings (SSSR count). The van der Waals surface area contributed by atoms with Crippen molar-refractivity contribution in [2.24, 2.45) is 17.6 Å². The van der Waals surface area contributed by atoms with Gasteiger partial charge in [0.1, 0.15) is 6.04 Å². The lowest BCUT2D eigenvalue weighted by atomic mass is 9.73. The van der Waals surface area contributed by atoms with E-state index in [4.69, 9.17) is 5.73 Å². The first kappa shape index (κ1) is 24.6. The van der Waals surface area contributed by atoms with Gasteiger partial charge in [-0.25, -0.2) is 9.78 Å². The number of para-hydroxylation sites is 2. The smallest absolute Gasteiger partial charge is 0.328 e. The van der Waals surface area contributed by atoms with Crippen molar-refractivity contribution in [1.29, 1.82) is 0 Å². The Bertz CT molecular complexity index is 1250. The molecule has 204 valence electrons. The largest absolute Gasteiger partial charge is 0.480 e. The van der Waals surface area contributed by atoms with E-state index in [-0.39, 0.29) is 17.4 Å². The second-order valence-electron chi connectivity index (χ2n) is 12.9. The standard InChI is InChI=1S/C30H41N5O3/c31-24-17-33(27(24)30(37)38)28-29(36)35(26-11-4-3-10-25(26)32-28)23-15-20-8-5-9-21(16-23)34(20)22-13-18-6-1-2-7-19(12-18)14-22/h3-4,10-11,18-24,27H,1-2,5-9,12-17,31H2,(H,37,38)/t18-,19+,20-,21+,22?,23?,24-,27+/m1/s1. The highest BCUT2D eigenvalue weighted by molar-refractivity contribution is 5.83. The number of nitrogens with two attached hydrogens (primary N) is 1. The zero-order valence-electron chi connectivity index (χ0n) is 22.3. The van der Waals surface area contributed by atoms with E-state index in [2.05, 4.69) is 9.88 Å². The summed E-state index contributed by atoms with van der Waals surface area (Å²) in [6, 6.07) is 8.29. The minimum Gasteiger partial charge on any atom is -0.480 e. The Morgan fingerprint density at radius 2 is 1.55 bits per heavy atom. The maximum Gasteiger partial charge on any atom is 0.328 e. The summed E-state index contributed by atoms with van der Waals surface area (Å²) >= 11 is 0. The highest BCUT2D eigenvalue weighted by Crippen LogP contribution is 2.47. The van der Waals surface area contributed by atoms with Gasteiger partial charge in [-0.2, -0.15) is 0 Å². The maximum atomic E-state index is 14.1. The fourth-order valence-corrected chi connectivity index (χ4v) is 9.07. The zero-order chi connectivity index (χ0) is 26.0. The van der Waals surface area contributed by atoms with Gasteiger partial charge in [-0.3, -0.25) is 9.69 Å². The zero-order valence-corrected chi connectivity index (χ0v) is 22.3. The lowest BCUT2D eigenvalue weighted by Crippen LogP contribution is -2.69. The first-order valence-corrected chi connectivity index (χ1v) is 15.0. The average Bonchev–Trinajstić information content (AvgIpc) is 3.05. The van der Waals surface area contributed by atoms with Crippen molar-refractivity contribution in [1.82, 2.24) is 14.5 Å². The Balaban J connectivity index is 1.22. The van der Waals surface area contributed by atoms with Crippen LogP contribution < -0.4 is 16.2 Å². The van der Waals surface area contributed by atoms with Crippen molar-refractivity contribution >= 4 is 22.8 Å². The van der Waals surface area contributed by atoms with Crippen LogP contribution in [0.2, 0.25) is 0 Å². The van der Waals surface area contributed by atoms with Crippen LogP contribution in [0.15, 0.2) is 29.1 Å². The normalized spacial score (nSPS) is 37.4. The molecule has 0 spiro atoms. The molecule has 1 aromatic carbocycles. The minimum atomic E-state index is -0.999. The van der Waals surface area contributed by atoms with Crippen LogP contribution in [0.5, 0.6) is 0 Å². The third kappa shape index (κ3) is 4.06. The number of rotatable bonds is 4. The number of fused-ring (bicyclic) bond motifs is 5. The van der Waals surface area contributed by atoms with Crippen LogP contribution in [0.1, 0.15) is 83.1 Å². The van der Waals surface area contributed by atoms with E-state index in [9.17, 15) is 14.7 Å². The molecule has 2 aromatic rings. The van der Waals surface area contributed by atoms with Gasteiger partial charge in [0.15, 0.2) is 5.82 Å². The molecule has 3 aliphatic heterocycles. The SMILES string of the molecule is N[C@@H]1CN(c2nc3ccccc3n(C3C[C@H]4CCC[C@@H](C3)N4C3C[C@H]4CCCC[C@@H](C3)C4)c2=O)[C@@H]1C(=O)O. The maximum absolute atomic E-state index is 14.1. The number of anilines is 1. The molecule has 0 amide bonds. The highest BCUT2D eigenvalue weighted by atomic mass is 16.4. The molecule has 2 unspecified atom stereocenters. The Kier molecular flexibility index (Phi) is 6.23. The van der Waals surface area contributed by atoms with Crippen LogP contribution >= 0.6 is 0 Å². The summed E-state index contributed by atoms with van der Waals surface area (Å²) in [6.07, 6.45) is 15.5. The lowest BCUT2D eigenvalue weighted by molar-refractivity contribution is -0.140. The molecule has 8 atom stereocenters. The summed E-state index contributed by atoms with van der Waals surface area (Å²) in [5, 5.41) is 9.73. The molecule has 5 aliphatic rings. The molecule has 2 aliphatic carbocycles. The molecule has 2 saturated carbocycles. The van der Waals surface area contributed by atoms with Crippen LogP contribution in [0, 0.1) is 11.8 Å². The second kappa shape index (κ2) is 9.63. The predicted molar refractivity (Wildman–Crippen MR) is 147 cm³/mol. The van der Waals surface area contributed by atoms with E-state index in [1.54, 1.807) is 4.90 Å². The number of carboxylic acid groups (broad SMARTS) is 1. The van der Waals surface area contributed by atoms with Crippen molar-refractivity contribution in [3.8, 4) is 0 Å². The van der Waals surface area contributed by atoms with Crippen LogP contribution in [-0.4, -0.2) is 62.3 Å². The van der Waals surface area contributed by atoms with Crippen LogP contribution in [0.4, 0.5) is 5.82 Å². The van der Waals surface area contributed by atoms with Crippen molar-refractivity contribution in [3.63, 3.8) is 0 Å². The molecule has 8 nitrogen and oxygen atoms in total. The number of benzene rings is 1. The lowest BCUT2D eigenvalue weighted by Gasteiger charge is -2.54. The quantitative estimate of drug-likeness (QED) is 0.631. The first-order valence-electron chi connectivity index (χ1n) is 15.0. The molecule has 5 fully saturated rings. The molecular formula is C30H41N5O3. The van der Waals surface area contributed by atoms with E-state index in [1.807, 2.05) is 28.8 Å². The predicted octanol–water partition coefficient (Wildman–Crippen LogP) is 3.91. The number of carboxylic acids is 1. The highest BCUT2D eigenvalue weighted by Gasteiger charge is 2.47. The number of hydrogen-bond donors (Lipinski definition) is 2. The molecule has 4 bridgehead atoms. The summed E-state index contributed by atoms with van der Waals surface area (Å²) in [5.41, 5.74) is 7.46. The van der Waals surface area contributed by atoms with Crippen LogP contribution in [0.25, 0.3) is 11.0 Å². The average molecular weight is 520 g/mol. The molecule has 3 saturated heterocycles. The first-order chi connectivity index (χ1) is 18.5. The van der Waals surface area contributed by atoms with Crippen molar-refractivity contribution in [2.75, 3.05) is 11.4 Å². The van der Waals surface area contributed by atoms with Gasteiger partial charge in [0.05, 0.1) is 17.1 Å². The number of hydrogen-bond acceptors (Lipinski definition) is 6. The monoisotopic (exact) mass is 519 g/mol. The van der Waals surface area contributed by atoms with Gasteiger partial charge in [-0.15, -0.1) is 0 Å². The van der Waals surface area contributed by atoms with Crippen molar-refractivity contribution < 1.29 is 9.90 Å². The number of aromatic nitrogens is 2.